The maximum absolute atomic E-state index is 5.76. The second-order valence-electron chi connectivity index (χ2n) is 3.38. The van der Waals surface area contributed by atoms with E-state index in [2.05, 4.69) is 10.00 Å². The quantitative estimate of drug-likeness (QED) is 0.750. The molecule has 0 bridgehead atoms. The van der Waals surface area contributed by atoms with Crippen molar-refractivity contribution in [1.29, 1.82) is 0 Å². The van der Waals surface area contributed by atoms with Gasteiger partial charge in [0.05, 0.1) is 31.0 Å². The van der Waals surface area contributed by atoms with Gasteiger partial charge in [0.15, 0.2) is 0 Å². The third-order valence-electron chi connectivity index (χ3n) is 2.35. The zero-order valence-electron chi connectivity index (χ0n) is 8.03. The molecular formula is C9H14ClN3O. The summed E-state index contributed by atoms with van der Waals surface area (Å²) in [6.45, 7) is 5.65. The Kier molecular flexibility index (Phi) is 3.39. The summed E-state index contributed by atoms with van der Waals surface area (Å²) in [7, 11) is 0. The molecule has 0 aliphatic carbocycles. The Morgan fingerprint density at radius 2 is 2.14 bits per heavy atom. The highest BCUT2D eigenvalue weighted by molar-refractivity contribution is 6.30. The molecule has 0 amide bonds. The van der Waals surface area contributed by atoms with Crippen LogP contribution in [0.4, 0.5) is 0 Å². The van der Waals surface area contributed by atoms with Crippen LogP contribution in [0.3, 0.4) is 0 Å². The van der Waals surface area contributed by atoms with Crippen molar-refractivity contribution in [3.8, 4) is 0 Å². The maximum atomic E-state index is 5.76. The second-order valence-corrected chi connectivity index (χ2v) is 3.81. The lowest BCUT2D eigenvalue weighted by molar-refractivity contribution is 0.0360. The Balaban J connectivity index is 1.76. The van der Waals surface area contributed by atoms with Gasteiger partial charge in [-0.1, -0.05) is 11.6 Å². The van der Waals surface area contributed by atoms with Crippen LogP contribution in [0.1, 0.15) is 0 Å². The molecule has 0 atom stereocenters. The van der Waals surface area contributed by atoms with Crippen molar-refractivity contribution < 1.29 is 4.74 Å². The molecule has 1 aromatic rings. The van der Waals surface area contributed by atoms with E-state index in [1.54, 1.807) is 6.20 Å². The van der Waals surface area contributed by atoms with Gasteiger partial charge in [0, 0.05) is 25.8 Å². The summed E-state index contributed by atoms with van der Waals surface area (Å²) < 4.78 is 7.14. The fourth-order valence-electron chi connectivity index (χ4n) is 1.53. The predicted molar refractivity (Wildman–Crippen MR) is 54.5 cm³/mol. The van der Waals surface area contributed by atoms with Gasteiger partial charge in [0.2, 0.25) is 0 Å². The second kappa shape index (κ2) is 4.77. The van der Waals surface area contributed by atoms with Gasteiger partial charge < -0.3 is 4.74 Å². The number of hydrogen-bond donors (Lipinski definition) is 0. The first-order chi connectivity index (χ1) is 6.84. The van der Waals surface area contributed by atoms with Crippen LogP contribution in [0.15, 0.2) is 12.4 Å². The number of nitrogens with zero attached hydrogens (tertiary/aromatic N) is 3. The van der Waals surface area contributed by atoms with Crippen molar-refractivity contribution in [2.24, 2.45) is 0 Å². The van der Waals surface area contributed by atoms with Crippen molar-refractivity contribution in [1.82, 2.24) is 14.7 Å². The first-order valence-corrected chi connectivity index (χ1v) is 5.20. The maximum Gasteiger partial charge on any atom is 0.0785 e. The van der Waals surface area contributed by atoms with Crippen LogP contribution in [-0.2, 0) is 11.3 Å². The molecule has 0 radical (unpaired) electrons. The standard InChI is InChI=1S/C9H14ClN3O/c10-9-7-11-13(8-9)2-1-12-3-5-14-6-4-12/h7-8H,1-6H2. The SMILES string of the molecule is Clc1cnn(CCN2CCOCC2)c1. The molecule has 0 spiro atoms. The minimum Gasteiger partial charge on any atom is -0.379 e. The number of aromatic nitrogens is 2. The van der Waals surface area contributed by atoms with Crippen LogP contribution in [0.2, 0.25) is 5.02 Å². The molecule has 4 nitrogen and oxygen atoms in total. The lowest BCUT2D eigenvalue weighted by Crippen LogP contribution is -2.38. The Bertz CT molecular complexity index is 283. The fraction of sp³-hybridized carbons (Fsp3) is 0.667. The smallest absolute Gasteiger partial charge is 0.0785 e. The van der Waals surface area contributed by atoms with E-state index in [-0.39, 0.29) is 0 Å². The molecule has 14 heavy (non-hydrogen) atoms. The highest BCUT2D eigenvalue weighted by Gasteiger charge is 2.09. The van der Waals surface area contributed by atoms with E-state index in [0.717, 1.165) is 39.4 Å². The van der Waals surface area contributed by atoms with Crippen molar-refractivity contribution in [2.45, 2.75) is 6.54 Å². The van der Waals surface area contributed by atoms with Gasteiger partial charge in [0.25, 0.3) is 0 Å². The van der Waals surface area contributed by atoms with Crippen molar-refractivity contribution in [3.63, 3.8) is 0 Å². The number of ether oxygens (including phenoxy) is 1. The van der Waals surface area contributed by atoms with Crippen LogP contribution in [0, 0.1) is 0 Å². The minimum absolute atomic E-state index is 0.701. The van der Waals surface area contributed by atoms with Crippen molar-refractivity contribution in [3.05, 3.63) is 17.4 Å². The van der Waals surface area contributed by atoms with E-state index in [1.165, 1.54) is 0 Å². The van der Waals surface area contributed by atoms with Crippen molar-refractivity contribution in [2.75, 3.05) is 32.8 Å². The number of hydrogen-bond acceptors (Lipinski definition) is 3. The van der Waals surface area contributed by atoms with Gasteiger partial charge in [0.1, 0.15) is 0 Å². The minimum atomic E-state index is 0.701. The normalized spacial score (nSPS) is 18.6. The number of morpholine rings is 1. The molecule has 1 aliphatic rings. The molecule has 78 valence electrons. The molecule has 2 heterocycles. The van der Waals surface area contributed by atoms with Gasteiger partial charge in [-0.25, -0.2) is 0 Å². The molecular weight excluding hydrogens is 202 g/mol. The molecule has 5 heteroatoms. The summed E-state index contributed by atoms with van der Waals surface area (Å²) in [5, 5.41) is 4.83. The summed E-state index contributed by atoms with van der Waals surface area (Å²) >= 11 is 5.76. The van der Waals surface area contributed by atoms with Crippen molar-refractivity contribution >= 4 is 11.6 Å². The molecule has 2 rings (SSSR count). The van der Waals surface area contributed by atoms with E-state index in [9.17, 15) is 0 Å². The topological polar surface area (TPSA) is 30.3 Å². The summed E-state index contributed by atoms with van der Waals surface area (Å²) in [5.41, 5.74) is 0. The lowest BCUT2D eigenvalue weighted by Gasteiger charge is -2.26. The van der Waals surface area contributed by atoms with Crippen LogP contribution in [-0.4, -0.2) is 47.5 Å². The van der Waals surface area contributed by atoms with E-state index >= 15 is 0 Å². The van der Waals surface area contributed by atoms with E-state index in [1.807, 2.05) is 10.9 Å². The van der Waals surface area contributed by atoms with Crippen LogP contribution in [0.5, 0.6) is 0 Å². The zero-order chi connectivity index (χ0) is 9.80. The van der Waals surface area contributed by atoms with Gasteiger partial charge in [-0.15, -0.1) is 0 Å². The third-order valence-corrected chi connectivity index (χ3v) is 2.55. The predicted octanol–water partition coefficient (Wildman–Crippen LogP) is 0.869. The molecule has 0 N–H and O–H groups in total. The third kappa shape index (κ3) is 2.70. The molecule has 1 saturated heterocycles. The van der Waals surface area contributed by atoms with Crippen LogP contribution >= 0.6 is 11.6 Å². The van der Waals surface area contributed by atoms with E-state index in [4.69, 9.17) is 16.3 Å². The zero-order valence-corrected chi connectivity index (χ0v) is 8.78. The summed E-state index contributed by atoms with van der Waals surface area (Å²) in [6, 6.07) is 0. The Labute approximate surface area is 88.4 Å². The Morgan fingerprint density at radius 1 is 1.36 bits per heavy atom. The molecule has 1 aromatic heterocycles. The summed E-state index contributed by atoms with van der Waals surface area (Å²) in [6.07, 6.45) is 3.52. The average Bonchev–Trinajstić information content (AvgIpc) is 2.63. The van der Waals surface area contributed by atoms with Gasteiger partial charge in [-0.2, -0.15) is 5.10 Å². The molecule has 1 fully saturated rings. The Hall–Kier alpha value is -0.580. The van der Waals surface area contributed by atoms with E-state index in [0.29, 0.717) is 5.02 Å². The molecule has 1 aliphatic heterocycles. The fourth-order valence-corrected chi connectivity index (χ4v) is 1.69. The highest BCUT2D eigenvalue weighted by Crippen LogP contribution is 2.05. The van der Waals surface area contributed by atoms with Gasteiger partial charge >= 0.3 is 0 Å². The van der Waals surface area contributed by atoms with Gasteiger partial charge in [-0.05, 0) is 0 Å². The average molecular weight is 216 g/mol. The number of halogens is 1. The van der Waals surface area contributed by atoms with E-state index < -0.39 is 0 Å². The molecule has 0 aromatic carbocycles. The monoisotopic (exact) mass is 215 g/mol. The lowest BCUT2D eigenvalue weighted by atomic mass is 10.4. The first kappa shape index (κ1) is 9.96. The molecule has 0 saturated carbocycles. The highest BCUT2D eigenvalue weighted by atomic mass is 35.5. The first-order valence-electron chi connectivity index (χ1n) is 4.82. The molecule has 0 unspecified atom stereocenters. The van der Waals surface area contributed by atoms with Crippen LogP contribution < -0.4 is 0 Å². The Morgan fingerprint density at radius 3 is 2.79 bits per heavy atom. The summed E-state index contributed by atoms with van der Waals surface area (Å²) in [5.74, 6) is 0. The van der Waals surface area contributed by atoms with Crippen LogP contribution in [0.25, 0.3) is 0 Å². The van der Waals surface area contributed by atoms with Gasteiger partial charge in [-0.3, -0.25) is 9.58 Å². The number of rotatable bonds is 3. The summed E-state index contributed by atoms with van der Waals surface area (Å²) in [4.78, 5) is 2.37. The largest absolute Gasteiger partial charge is 0.379 e.